The van der Waals surface area contributed by atoms with E-state index in [0.29, 0.717) is 28.5 Å². The molecule has 4 rings (SSSR count). The second-order valence-electron chi connectivity index (χ2n) is 8.68. The molecule has 0 radical (unpaired) electrons. The number of ether oxygens (including phenoxy) is 2. The fraction of sp³-hybridized carbons (Fsp3) is 0.462. The number of thiazole rings is 1. The molecule has 0 saturated carbocycles. The molecule has 0 unspecified atom stereocenters. The van der Waals surface area contributed by atoms with Crippen molar-refractivity contribution in [3.05, 3.63) is 44.6 Å². The summed E-state index contributed by atoms with van der Waals surface area (Å²) in [4.78, 5) is 44.0. The summed E-state index contributed by atoms with van der Waals surface area (Å²) in [5, 5.41) is 3.43. The van der Waals surface area contributed by atoms with E-state index in [2.05, 4.69) is 16.4 Å². The van der Waals surface area contributed by atoms with Crippen molar-refractivity contribution in [2.24, 2.45) is 4.99 Å². The van der Waals surface area contributed by atoms with Gasteiger partial charge in [0.05, 0.1) is 40.5 Å². The number of nitrogens with zero attached hydrogens (tertiary/aromatic N) is 2. The summed E-state index contributed by atoms with van der Waals surface area (Å²) >= 11 is 4.13. The first-order chi connectivity index (χ1) is 17.9. The second-order valence-corrected chi connectivity index (χ2v) is 11.8. The number of thiophene rings is 1. The van der Waals surface area contributed by atoms with Gasteiger partial charge in [0.25, 0.3) is 5.91 Å². The number of amides is 2. The van der Waals surface area contributed by atoms with Gasteiger partial charge in [-0.1, -0.05) is 17.4 Å². The van der Waals surface area contributed by atoms with Crippen molar-refractivity contribution >= 4 is 67.4 Å². The van der Waals surface area contributed by atoms with E-state index in [1.54, 1.807) is 14.0 Å². The predicted octanol–water partition coefficient (Wildman–Crippen LogP) is 4.57. The lowest BCUT2D eigenvalue weighted by Gasteiger charge is -2.12. The van der Waals surface area contributed by atoms with Crippen LogP contribution in [0.1, 0.15) is 46.1 Å². The Labute approximate surface area is 228 Å². The minimum Gasteiger partial charge on any atom is -0.462 e. The van der Waals surface area contributed by atoms with Crippen LogP contribution in [0.15, 0.2) is 23.2 Å². The monoisotopic (exact) mass is 561 g/mol. The molecule has 2 aromatic heterocycles. The Morgan fingerprint density at radius 2 is 1.97 bits per heavy atom. The Morgan fingerprint density at radius 3 is 2.76 bits per heavy atom. The molecule has 2 heterocycles. The second kappa shape index (κ2) is 12.9. The van der Waals surface area contributed by atoms with Gasteiger partial charge in [-0.25, -0.2) is 4.79 Å². The molecule has 3 aromatic rings. The molecule has 0 bridgehead atoms. The SMILES string of the molecule is CCOC(=O)c1c(NC(=O)CSCC(=O)N=c2sc3cc(C)ccc3n2CCOC)sc2c1CCCC2. The maximum Gasteiger partial charge on any atom is 0.341 e. The Bertz CT molecular complexity index is 1370. The standard InChI is InChI=1S/C26H31N3O5S3/c1-4-34-25(32)23-17-7-5-6-8-19(17)36-24(23)27-21(30)14-35-15-22(31)28-26-29(11-12-33-3)18-10-9-16(2)13-20(18)37-26/h9-10,13H,4-8,11-12,14-15H2,1-3H3,(H,27,30). The number of aromatic nitrogens is 1. The van der Waals surface area contributed by atoms with Crippen molar-refractivity contribution < 1.29 is 23.9 Å². The number of methoxy groups -OCH3 is 1. The first-order valence-electron chi connectivity index (χ1n) is 12.3. The highest BCUT2D eigenvalue weighted by molar-refractivity contribution is 8.00. The van der Waals surface area contributed by atoms with E-state index < -0.39 is 0 Å². The van der Waals surface area contributed by atoms with E-state index in [1.165, 1.54) is 34.4 Å². The van der Waals surface area contributed by atoms with Crippen molar-refractivity contribution in [3.8, 4) is 0 Å². The molecule has 0 fully saturated rings. The highest BCUT2D eigenvalue weighted by atomic mass is 32.2. The third-order valence-corrected chi connectivity index (χ3v) is 9.11. The number of hydrogen-bond donors (Lipinski definition) is 1. The van der Waals surface area contributed by atoms with Gasteiger partial charge in [-0.3, -0.25) is 9.59 Å². The Kier molecular flexibility index (Phi) is 9.58. The fourth-order valence-electron chi connectivity index (χ4n) is 4.27. The lowest BCUT2D eigenvalue weighted by Crippen LogP contribution is -2.20. The predicted molar refractivity (Wildman–Crippen MR) is 150 cm³/mol. The van der Waals surface area contributed by atoms with Crippen LogP contribution in [0.4, 0.5) is 5.00 Å². The van der Waals surface area contributed by atoms with Crippen LogP contribution in [-0.2, 0) is 38.4 Å². The molecular formula is C26H31N3O5S3. The van der Waals surface area contributed by atoms with Crippen molar-refractivity contribution in [3.63, 3.8) is 0 Å². The van der Waals surface area contributed by atoms with Gasteiger partial charge in [0.15, 0.2) is 4.80 Å². The first-order valence-corrected chi connectivity index (χ1v) is 15.1. The highest BCUT2D eigenvalue weighted by Gasteiger charge is 2.27. The summed E-state index contributed by atoms with van der Waals surface area (Å²) < 4.78 is 13.5. The number of fused-ring (bicyclic) bond motifs is 2. The summed E-state index contributed by atoms with van der Waals surface area (Å²) in [6.45, 7) is 5.18. The molecule has 11 heteroatoms. The molecule has 1 aliphatic rings. The van der Waals surface area contributed by atoms with E-state index in [9.17, 15) is 14.4 Å². The lowest BCUT2D eigenvalue weighted by atomic mass is 9.95. The third kappa shape index (κ3) is 6.70. The number of carbonyl (C=O) groups is 3. The molecule has 1 aliphatic carbocycles. The smallest absolute Gasteiger partial charge is 0.341 e. The van der Waals surface area contributed by atoms with Crippen LogP contribution in [0.2, 0.25) is 0 Å². The van der Waals surface area contributed by atoms with E-state index in [4.69, 9.17) is 9.47 Å². The summed E-state index contributed by atoms with van der Waals surface area (Å²) in [6.07, 6.45) is 3.84. The Morgan fingerprint density at radius 1 is 1.16 bits per heavy atom. The summed E-state index contributed by atoms with van der Waals surface area (Å²) in [7, 11) is 1.64. The zero-order valence-corrected chi connectivity index (χ0v) is 23.7. The zero-order valence-electron chi connectivity index (χ0n) is 21.3. The number of benzene rings is 1. The quantitative estimate of drug-likeness (QED) is 0.364. The van der Waals surface area contributed by atoms with E-state index in [0.717, 1.165) is 51.9 Å². The van der Waals surface area contributed by atoms with Gasteiger partial charge in [-0.05, 0) is 62.8 Å². The number of thioether (sulfide) groups is 1. The van der Waals surface area contributed by atoms with Gasteiger partial charge < -0.3 is 19.4 Å². The number of esters is 1. The lowest BCUT2D eigenvalue weighted by molar-refractivity contribution is -0.115. The Hall–Kier alpha value is -2.47. The van der Waals surface area contributed by atoms with Gasteiger partial charge in [-0.15, -0.1) is 23.1 Å². The maximum atomic E-state index is 12.7. The van der Waals surface area contributed by atoms with Crippen molar-refractivity contribution in [2.75, 3.05) is 37.1 Å². The number of hydrogen-bond acceptors (Lipinski definition) is 8. The van der Waals surface area contributed by atoms with Crippen LogP contribution in [-0.4, -0.2) is 54.2 Å². The van der Waals surface area contributed by atoms with Crippen LogP contribution in [0, 0.1) is 6.92 Å². The number of nitrogens with one attached hydrogen (secondary N) is 1. The minimum atomic E-state index is -0.390. The molecule has 0 atom stereocenters. The molecule has 37 heavy (non-hydrogen) atoms. The normalized spacial score (nSPS) is 13.5. The van der Waals surface area contributed by atoms with E-state index in [1.807, 2.05) is 23.6 Å². The number of anilines is 1. The molecule has 8 nitrogen and oxygen atoms in total. The summed E-state index contributed by atoms with van der Waals surface area (Å²) in [6, 6.07) is 6.15. The average molecular weight is 562 g/mol. The number of rotatable bonds is 10. The number of aryl methyl sites for hydroxylation is 2. The third-order valence-electron chi connectivity index (χ3n) is 5.94. The van der Waals surface area contributed by atoms with Crippen LogP contribution in [0.5, 0.6) is 0 Å². The van der Waals surface area contributed by atoms with Crippen LogP contribution >= 0.6 is 34.4 Å². The van der Waals surface area contributed by atoms with Crippen molar-refractivity contribution in [1.29, 1.82) is 0 Å². The van der Waals surface area contributed by atoms with Gasteiger partial charge in [0, 0.05) is 18.5 Å². The highest BCUT2D eigenvalue weighted by Crippen LogP contribution is 2.38. The van der Waals surface area contributed by atoms with Crippen LogP contribution < -0.4 is 10.1 Å². The summed E-state index contributed by atoms with van der Waals surface area (Å²) in [5.41, 5.74) is 3.66. The first kappa shape index (κ1) is 27.6. The van der Waals surface area contributed by atoms with Gasteiger partial charge in [0.2, 0.25) is 5.91 Å². The summed E-state index contributed by atoms with van der Waals surface area (Å²) in [5.74, 6) is -0.780. The van der Waals surface area contributed by atoms with Gasteiger partial charge in [-0.2, -0.15) is 4.99 Å². The zero-order chi connectivity index (χ0) is 26.4. The van der Waals surface area contributed by atoms with Crippen molar-refractivity contribution in [2.45, 2.75) is 46.1 Å². The molecule has 1 aromatic carbocycles. The molecule has 0 saturated heterocycles. The molecule has 2 amide bonds. The average Bonchev–Trinajstić information content (AvgIpc) is 3.39. The maximum absolute atomic E-state index is 12.7. The fourth-order valence-corrected chi connectivity index (χ4v) is 7.33. The number of carbonyl (C=O) groups excluding carboxylic acids is 3. The minimum absolute atomic E-state index is 0.0800. The molecule has 198 valence electrons. The van der Waals surface area contributed by atoms with Crippen molar-refractivity contribution in [1.82, 2.24) is 4.57 Å². The Balaban J connectivity index is 1.41. The molecule has 0 aliphatic heterocycles. The van der Waals surface area contributed by atoms with E-state index >= 15 is 0 Å². The molecular weight excluding hydrogens is 531 g/mol. The largest absolute Gasteiger partial charge is 0.462 e. The topological polar surface area (TPSA) is 99.0 Å². The molecule has 1 N–H and O–H groups in total. The molecule has 0 spiro atoms. The van der Waals surface area contributed by atoms with Gasteiger partial charge >= 0.3 is 5.97 Å². The van der Waals surface area contributed by atoms with Gasteiger partial charge in [0.1, 0.15) is 5.00 Å². The van der Waals surface area contributed by atoms with Crippen LogP contribution in [0.25, 0.3) is 10.2 Å². The van der Waals surface area contributed by atoms with E-state index in [-0.39, 0.29) is 35.9 Å². The van der Waals surface area contributed by atoms with Crippen LogP contribution in [0.3, 0.4) is 0 Å².